The van der Waals surface area contributed by atoms with Crippen LogP contribution >= 0.6 is 0 Å². The Labute approximate surface area is 105 Å². The molecule has 0 saturated carbocycles. The molecule has 1 rings (SSSR count). The number of benzene rings is 1. The standard InChI is InChI=1S/C12H16N2O4/c1-13-10(12(16)17)7-8-3-5-9(6-4-8)11(15)14(2)18/h3-6,10,13,18H,7H2,1-2H3,(H,16,17)/t10-/m0/s1. The third-order valence-electron chi connectivity index (χ3n) is 2.58. The molecule has 0 spiro atoms. The van der Waals surface area contributed by atoms with Gasteiger partial charge in [0.1, 0.15) is 6.04 Å². The van der Waals surface area contributed by atoms with Gasteiger partial charge in [0.15, 0.2) is 0 Å². The summed E-state index contributed by atoms with van der Waals surface area (Å²) in [7, 11) is 2.83. The fraction of sp³-hybridized carbons (Fsp3) is 0.333. The minimum atomic E-state index is -0.923. The molecule has 18 heavy (non-hydrogen) atoms. The van der Waals surface area contributed by atoms with Crippen molar-refractivity contribution in [2.24, 2.45) is 0 Å². The Balaban J connectivity index is 2.77. The fourth-order valence-corrected chi connectivity index (χ4v) is 1.52. The third-order valence-corrected chi connectivity index (χ3v) is 2.58. The monoisotopic (exact) mass is 252 g/mol. The van der Waals surface area contributed by atoms with Crippen LogP contribution in [0.25, 0.3) is 0 Å². The number of rotatable bonds is 5. The Morgan fingerprint density at radius 2 is 1.89 bits per heavy atom. The first-order valence-corrected chi connectivity index (χ1v) is 5.41. The van der Waals surface area contributed by atoms with Crippen LogP contribution in [0.1, 0.15) is 15.9 Å². The number of amides is 1. The summed E-state index contributed by atoms with van der Waals surface area (Å²) >= 11 is 0. The summed E-state index contributed by atoms with van der Waals surface area (Å²) in [6.07, 6.45) is 0.329. The number of carbonyl (C=O) groups excluding carboxylic acids is 1. The Kier molecular flexibility index (Phi) is 4.82. The van der Waals surface area contributed by atoms with Gasteiger partial charge in [-0.2, -0.15) is 0 Å². The molecule has 0 heterocycles. The van der Waals surface area contributed by atoms with Gasteiger partial charge in [-0.3, -0.25) is 14.8 Å². The van der Waals surface area contributed by atoms with Crippen molar-refractivity contribution in [2.75, 3.05) is 14.1 Å². The fourth-order valence-electron chi connectivity index (χ4n) is 1.52. The summed E-state index contributed by atoms with van der Waals surface area (Å²) in [5.74, 6) is -1.43. The van der Waals surface area contributed by atoms with Crippen molar-refractivity contribution in [1.82, 2.24) is 10.4 Å². The minimum absolute atomic E-state index is 0.329. The normalized spacial score (nSPS) is 11.9. The average Bonchev–Trinajstić information content (AvgIpc) is 2.35. The summed E-state index contributed by atoms with van der Waals surface area (Å²) in [5.41, 5.74) is 1.15. The van der Waals surface area contributed by atoms with Crippen molar-refractivity contribution in [3.05, 3.63) is 35.4 Å². The predicted octanol–water partition coefficient (Wildman–Crippen LogP) is 0.363. The highest BCUT2D eigenvalue weighted by atomic mass is 16.5. The molecule has 98 valence electrons. The Hall–Kier alpha value is -1.92. The second-order valence-electron chi connectivity index (χ2n) is 3.91. The molecule has 0 unspecified atom stereocenters. The van der Waals surface area contributed by atoms with Crippen LogP contribution in [0.2, 0.25) is 0 Å². The second-order valence-corrected chi connectivity index (χ2v) is 3.91. The molecular weight excluding hydrogens is 236 g/mol. The number of nitrogens with zero attached hydrogens (tertiary/aromatic N) is 1. The van der Waals surface area contributed by atoms with Gasteiger partial charge >= 0.3 is 5.97 Å². The van der Waals surface area contributed by atoms with Crippen LogP contribution in [-0.4, -0.2) is 47.4 Å². The first-order chi connectivity index (χ1) is 8.45. The van der Waals surface area contributed by atoms with Gasteiger partial charge < -0.3 is 10.4 Å². The molecule has 1 amide bonds. The highest BCUT2D eigenvalue weighted by molar-refractivity contribution is 5.93. The molecule has 6 heteroatoms. The zero-order chi connectivity index (χ0) is 13.7. The third kappa shape index (κ3) is 3.54. The van der Waals surface area contributed by atoms with E-state index in [1.807, 2.05) is 0 Å². The van der Waals surface area contributed by atoms with Gasteiger partial charge in [-0.15, -0.1) is 0 Å². The van der Waals surface area contributed by atoms with Crippen molar-refractivity contribution in [2.45, 2.75) is 12.5 Å². The summed E-state index contributed by atoms with van der Waals surface area (Å²) in [6.45, 7) is 0. The van der Waals surface area contributed by atoms with Crippen LogP contribution in [0.15, 0.2) is 24.3 Å². The van der Waals surface area contributed by atoms with E-state index in [1.165, 1.54) is 7.05 Å². The molecule has 0 aliphatic heterocycles. The lowest BCUT2D eigenvalue weighted by molar-refractivity contribution is -0.139. The van der Waals surface area contributed by atoms with E-state index in [0.717, 1.165) is 5.56 Å². The molecule has 3 N–H and O–H groups in total. The van der Waals surface area contributed by atoms with Gasteiger partial charge in [0.2, 0.25) is 0 Å². The Bertz CT molecular complexity index is 428. The topological polar surface area (TPSA) is 89.9 Å². The second kappa shape index (κ2) is 6.13. The van der Waals surface area contributed by atoms with Crippen molar-refractivity contribution < 1.29 is 19.9 Å². The zero-order valence-corrected chi connectivity index (χ0v) is 10.3. The number of carbonyl (C=O) groups is 2. The number of likely N-dealkylation sites (N-methyl/N-ethyl adjacent to an activating group) is 1. The summed E-state index contributed by atoms with van der Waals surface area (Å²) in [5, 5.41) is 21.1. The lowest BCUT2D eigenvalue weighted by Crippen LogP contribution is -2.35. The summed E-state index contributed by atoms with van der Waals surface area (Å²) in [6, 6.07) is 5.79. The van der Waals surface area contributed by atoms with Crippen molar-refractivity contribution >= 4 is 11.9 Å². The first-order valence-electron chi connectivity index (χ1n) is 5.41. The maximum Gasteiger partial charge on any atom is 0.321 e. The van der Waals surface area contributed by atoms with Crippen LogP contribution in [0, 0.1) is 0 Å². The van der Waals surface area contributed by atoms with E-state index in [4.69, 9.17) is 10.3 Å². The Morgan fingerprint density at radius 3 is 2.28 bits per heavy atom. The van der Waals surface area contributed by atoms with Gasteiger partial charge in [0.05, 0.1) is 0 Å². The molecule has 1 aromatic carbocycles. The van der Waals surface area contributed by atoms with Crippen molar-refractivity contribution in [1.29, 1.82) is 0 Å². The van der Waals surface area contributed by atoms with Crippen molar-refractivity contribution in [3.8, 4) is 0 Å². The van der Waals surface area contributed by atoms with Crippen LogP contribution in [0.5, 0.6) is 0 Å². The van der Waals surface area contributed by atoms with Gasteiger partial charge in [-0.25, -0.2) is 5.06 Å². The SMILES string of the molecule is CN[C@@H](Cc1ccc(C(=O)N(C)O)cc1)C(=O)O. The Morgan fingerprint density at radius 1 is 1.33 bits per heavy atom. The molecule has 0 bridgehead atoms. The molecule has 0 radical (unpaired) electrons. The molecule has 0 aliphatic carbocycles. The van der Waals surface area contributed by atoms with E-state index in [0.29, 0.717) is 17.0 Å². The van der Waals surface area contributed by atoms with E-state index < -0.39 is 17.9 Å². The molecule has 1 aromatic rings. The van der Waals surface area contributed by atoms with E-state index in [-0.39, 0.29) is 0 Å². The number of hydroxylamine groups is 2. The van der Waals surface area contributed by atoms with E-state index >= 15 is 0 Å². The van der Waals surface area contributed by atoms with Crippen molar-refractivity contribution in [3.63, 3.8) is 0 Å². The zero-order valence-electron chi connectivity index (χ0n) is 10.3. The lowest BCUT2D eigenvalue weighted by atomic mass is 10.0. The van der Waals surface area contributed by atoms with Crippen LogP contribution in [0.3, 0.4) is 0 Å². The number of aliphatic carboxylic acids is 1. The van der Waals surface area contributed by atoms with Crippen LogP contribution in [0.4, 0.5) is 0 Å². The van der Waals surface area contributed by atoms with Gasteiger partial charge in [-0.1, -0.05) is 12.1 Å². The molecule has 0 aliphatic rings. The highest BCUT2D eigenvalue weighted by Crippen LogP contribution is 2.08. The number of carboxylic acid groups (broad SMARTS) is 1. The van der Waals surface area contributed by atoms with Gasteiger partial charge in [0, 0.05) is 12.6 Å². The quantitative estimate of drug-likeness (QED) is 0.520. The van der Waals surface area contributed by atoms with E-state index in [9.17, 15) is 9.59 Å². The largest absolute Gasteiger partial charge is 0.480 e. The van der Waals surface area contributed by atoms with E-state index in [1.54, 1.807) is 31.3 Å². The molecule has 0 fully saturated rings. The van der Waals surface area contributed by atoms with Crippen LogP contribution in [-0.2, 0) is 11.2 Å². The van der Waals surface area contributed by atoms with E-state index in [2.05, 4.69) is 5.32 Å². The predicted molar refractivity (Wildman–Crippen MR) is 64.5 cm³/mol. The number of carboxylic acids is 1. The van der Waals surface area contributed by atoms with Gasteiger partial charge in [0.25, 0.3) is 5.91 Å². The summed E-state index contributed by atoms with van der Waals surface area (Å²) < 4.78 is 0. The minimum Gasteiger partial charge on any atom is -0.480 e. The molecule has 0 saturated heterocycles. The smallest absolute Gasteiger partial charge is 0.321 e. The molecule has 0 aromatic heterocycles. The maximum absolute atomic E-state index is 11.4. The number of nitrogens with one attached hydrogen (secondary N) is 1. The molecular formula is C12H16N2O4. The maximum atomic E-state index is 11.4. The highest BCUT2D eigenvalue weighted by Gasteiger charge is 2.15. The van der Waals surface area contributed by atoms with Crippen LogP contribution < -0.4 is 5.32 Å². The first kappa shape index (κ1) is 14.1. The molecule has 6 nitrogen and oxygen atoms in total. The average molecular weight is 252 g/mol. The van der Waals surface area contributed by atoms with Gasteiger partial charge in [-0.05, 0) is 31.2 Å². The number of hydrogen-bond donors (Lipinski definition) is 3. The summed E-state index contributed by atoms with van der Waals surface area (Å²) in [4.78, 5) is 22.3. The number of hydrogen-bond acceptors (Lipinski definition) is 4. The molecule has 1 atom stereocenters. The lowest BCUT2D eigenvalue weighted by Gasteiger charge is -2.12.